The van der Waals surface area contributed by atoms with Crippen molar-refractivity contribution in [2.75, 3.05) is 5.32 Å². The minimum Gasteiger partial charge on any atom is -0.469 e. The predicted molar refractivity (Wildman–Crippen MR) is 123 cm³/mol. The van der Waals surface area contributed by atoms with E-state index >= 15 is 0 Å². The van der Waals surface area contributed by atoms with Crippen molar-refractivity contribution in [2.45, 2.75) is 24.3 Å². The number of nitrogens with two attached hydrogens (primary N) is 1. The molecular weight excluding hydrogens is 426 g/mol. The third-order valence-electron chi connectivity index (χ3n) is 4.84. The van der Waals surface area contributed by atoms with Gasteiger partial charge >= 0.3 is 0 Å². The van der Waals surface area contributed by atoms with Gasteiger partial charge in [-0.1, -0.05) is 30.0 Å². The number of anilines is 1. The van der Waals surface area contributed by atoms with Gasteiger partial charge in [-0.3, -0.25) is 14.2 Å². The second-order valence-corrected chi connectivity index (χ2v) is 8.37. The molecule has 8 nitrogen and oxygen atoms in total. The molecule has 0 fully saturated rings. The van der Waals surface area contributed by atoms with Crippen molar-refractivity contribution in [3.8, 4) is 17.1 Å². The number of carbonyl (C=O) groups excluding carboxylic acids is 2. The molecule has 0 aliphatic heterocycles. The molecule has 0 spiro atoms. The fraction of sp³-hybridized carbons (Fsp3) is 0.130. The van der Waals surface area contributed by atoms with Gasteiger partial charge in [0.2, 0.25) is 11.8 Å². The smallest absolute Gasteiger partial charge is 0.248 e. The van der Waals surface area contributed by atoms with Crippen molar-refractivity contribution in [3.63, 3.8) is 0 Å². The lowest BCUT2D eigenvalue weighted by molar-refractivity contribution is -0.115. The minimum atomic E-state index is -0.518. The molecule has 0 aliphatic rings. The molecule has 0 bridgehead atoms. The maximum absolute atomic E-state index is 12.8. The zero-order chi connectivity index (χ0) is 22.7. The van der Waals surface area contributed by atoms with Crippen LogP contribution >= 0.6 is 11.8 Å². The van der Waals surface area contributed by atoms with Crippen LogP contribution < -0.4 is 11.1 Å². The summed E-state index contributed by atoms with van der Waals surface area (Å²) >= 11 is 1.30. The molecular formula is C23H21N5O3S. The van der Waals surface area contributed by atoms with Gasteiger partial charge in [0, 0.05) is 16.9 Å². The standard InChI is InChI=1S/C23H21N5O3S/c1-14-19(12-13-31-14)21-26-27-23(28(21)18-6-4-3-5-7-18)32-15(2)22(30)25-17-10-8-16(9-11-17)20(24)29/h3-13,15H,1-2H3,(H2,24,29)(H,25,30). The number of carbonyl (C=O) groups is 2. The Balaban J connectivity index is 1.58. The first-order chi connectivity index (χ1) is 15.4. The van der Waals surface area contributed by atoms with Gasteiger partial charge in [0.05, 0.1) is 17.1 Å². The number of rotatable bonds is 7. The summed E-state index contributed by atoms with van der Waals surface area (Å²) in [5.41, 5.74) is 7.92. The molecule has 0 radical (unpaired) electrons. The van der Waals surface area contributed by atoms with Crippen LogP contribution in [0.15, 0.2) is 76.5 Å². The van der Waals surface area contributed by atoms with E-state index in [1.807, 2.05) is 47.9 Å². The summed E-state index contributed by atoms with van der Waals surface area (Å²) in [5.74, 6) is 0.650. The van der Waals surface area contributed by atoms with Crippen molar-refractivity contribution in [1.82, 2.24) is 14.8 Å². The van der Waals surface area contributed by atoms with Gasteiger partial charge in [0.1, 0.15) is 5.76 Å². The van der Waals surface area contributed by atoms with Gasteiger partial charge in [-0.15, -0.1) is 10.2 Å². The maximum atomic E-state index is 12.8. The number of primary amides is 1. The normalized spacial score (nSPS) is 11.8. The van der Waals surface area contributed by atoms with E-state index < -0.39 is 11.2 Å². The number of aromatic nitrogens is 3. The Labute approximate surface area is 188 Å². The Kier molecular flexibility index (Phi) is 6.09. The Morgan fingerprint density at radius 2 is 1.78 bits per heavy atom. The van der Waals surface area contributed by atoms with Crippen LogP contribution in [0.25, 0.3) is 17.1 Å². The van der Waals surface area contributed by atoms with E-state index in [1.165, 1.54) is 11.8 Å². The number of hydrogen-bond donors (Lipinski definition) is 2. The molecule has 9 heteroatoms. The number of amides is 2. The Morgan fingerprint density at radius 3 is 2.41 bits per heavy atom. The zero-order valence-corrected chi connectivity index (χ0v) is 18.3. The fourth-order valence-corrected chi connectivity index (χ4v) is 3.99. The van der Waals surface area contributed by atoms with Crippen molar-refractivity contribution in [2.24, 2.45) is 5.73 Å². The molecule has 32 heavy (non-hydrogen) atoms. The molecule has 162 valence electrons. The Morgan fingerprint density at radius 1 is 1.06 bits per heavy atom. The third-order valence-corrected chi connectivity index (χ3v) is 5.88. The van der Waals surface area contributed by atoms with Gasteiger partial charge in [-0.05, 0) is 56.3 Å². The van der Waals surface area contributed by atoms with E-state index in [-0.39, 0.29) is 5.91 Å². The van der Waals surface area contributed by atoms with Gasteiger partial charge in [-0.2, -0.15) is 0 Å². The highest BCUT2D eigenvalue weighted by molar-refractivity contribution is 8.00. The maximum Gasteiger partial charge on any atom is 0.248 e. The van der Waals surface area contributed by atoms with Gasteiger partial charge in [-0.25, -0.2) is 0 Å². The Hall–Kier alpha value is -3.85. The molecule has 3 N–H and O–H groups in total. The van der Waals surface area contributed by atoms with Crippen LogP contribution in [0.2, 0.25) is 0 Å². The van der Waals surface area contributed by atoms with Crippen LogP contribution in [-0.2, 0) is 4.79 Å². The number of para-hydroxylation sites is 1. The summed E-state index contributed by atoms with van der Waals surface area (Å²) in [6, 6.07) is 18.0. The van der Waals surface area contributed by atoms with E-state index in [9.17, 15) is 9.59 Å². The summed E-state index contributed by atoms with van der Waals surface area (Å²) in [7, 11) is 0. The van der Waals surface area contributed by atoms with E-state index in [0.717, 1.165) is 17.0 Å². The topological polar surface area (TPSA) is 116 Å². The first-order valence-electron chi connectivity index (χ1n) is 9.86. The zero-order valence-electron chi connectivity index (χ0n) is 17.5. The number of furan rings is 1. The average molecular weight is 448 g/mol. The van der Waals surface area contributed by atoms with E-state index in [1.54, 1.807) is 37.5 Å². The first-order valence-corrected chi connectivity index (χ1v) is 10.7. The molecule has 4 rings (SSSR count). The second kappa shape index (κ2) is 9.11. The van der Waals surface area contributed by atoms with Crippen molar-refractivity contribution < 1.29 is 14.0 Å². The van der Waals surface area contributed by atoms with Crippen LogP contribution in [0, 0.1) is 6.92 Å². The lowest BCUT2D eigenvalue weighted by Gasteiger charge is -2.14. The molecule has 2 aromatic heterocycles. The van der Waals surface area contributed by atoms with Crippen molar-refractivity contribution in [3.05, 3.63) is 78.3 Å². The van der Waals surface area contributed by atoms with Gasteiger partial charge in [0.15, 0.2) is 11.0 Å². The lowest BCUT2D eigenvalue weighted by Crippen LogP contribution is -2.23. The van der Waals surface area contributed by atoms with Crippen LogP contribution in [0.3, 0.4) is 0 Å². The largest absolute Gasteiger partial charge is 0.469 e. The van der Waals surface area contributed by atoms with E-state index in [0.29, 0.717) is 22.2 Å². The summed E-state index contributed by atoms with van der Waals surface area (Å²) < 4.78 is 7.36. The summed E-state index contributed by atoms with van der Waals surface area (Å²) in [6.07, 6.45) is 1.61. The van der Waals surface area contributed by atoms with Gasteiger partial charge < -0.3 is 15.5 Å². The molecule has 2 heterocycles. The highest BCUT2D eigenvalue weighted by Gasteiger charge is 2.23. The molecule has 2 aromatic carbocycles. The number of hydrogen-bond acceptors (Lipinski definition) is 6. The summed E-state index contributed by atoms with van der Waals surface area (Å²) in [6.45, 7) is 3.66. The summed E-state index contributed by atoms with van der Waals surface area (Å²) in [4.78, 5) is 24.0. The quantitative estimate of drug-likeness (QED) is 0.413. The van der Waals surface area contributed by atoms with E-state index in [2.05, 4.69) is 15.5 Å². The number of nitrogens with one attached hydrogen (secondary N) is 1. The number of thioether (sulfide) groups is 1. The predicted octanol–water partition coefficient (Wildman–Crippen LogP) is 4.05. The van der Waals surface area contributed by atoms with Crippen LogP contribution in [0.1, 0.15) is 23.0 Å². The SMILES string of the molecule is Cc1occc1-c1nnc(SC(C)C(=O)Nc2ccc(C(N)=O)cc2)n1-c1ccccc1. The molecule has 0 aliphatic carbocycles. The summed E-state index contributed by atoms with van der Waals surface area (Å²) in [5, 5.41) is 11.7. The fourth-order valence-electron chi connectivity index (χ4n) is 3.12. The van der Waals surface area contributed by atoms with Crippen LogP contribution in [-0.4, -0.2) is 31.8 Å². The molecule has 0 saturated heterocycles. The highest BCUT2D eigenvalue weighted by atomic mass is 32.2. The number of nitrogens with zero attached hydrogens (tertiary/aromatic N) is 3. The molecule has 4 aromatic rings. The molecule has 2 amide bonds. The average Bonchev–Trinajstić information content (AvgIpc) is 3.40. The third kappa shape index (κ3) is 4.42. The minimum absolute atomic E-state index is 0.203. The Bertz CT molecular complexity index is 1250. The molecule has 1 unspecified atom stereocenters. The molecule has 0 saturated carbocycles. The van der Waals surface area contributed by atoms with Crippen molar-refractivity contribution >= 4 is 29.3 Å². The van der Waals surface area contributed by atoms with Crippen LogP contribution in [0.5, 0.6) is 0 Å². The number of aryl methyl sites for hydroxylation is 1. The van der Waals surface area contributed by atoms with Crippen LogP contribution in [0.4, 0.5) is 5.69 Å². The van der Waals surface area contributed by atoms with Gasteiger partial charge in [0.25, 0.3) is 0 Å². The van der Waals surface area contributed by atoms with E-state index in [4.69, 9.17) is 10.2 Å². The molecule has 1 atom stereocenters. The number of benzene rings is 2. The highest BCUT2D eigenvalue weighted by Crippen LogP contribution is 2.32. The first kappa shape index (κ1) is 21.4. The second-order valence-electron chi connectivity index (χ2n) is 7.06. The monoisotopic (exact) mass is 447 g/mol. The van der Waals surface area contributed by atoms with Crippen molar-refractivity contribution in [1.29, 1.82) is 0 Å². The lowest BCUT2D eigenvalue weighted by atomic mass is 10.2.